The lowest BCUT2D eigenvalue weighted by Gasteiger charge is -2.38. The third-order valence-electron chi connectivity index (χ3n) is 7.77. The Hall–Kier alpha value is -3.12. The van der Waals surface area contributed by atoms with Crippen molar-refractivity contribution in [3.63, 3.8) is 0 Å². The second kappa shape index (κ2) is 16.5. The van der Waals surface area contributed by atoms with E-state index in [9.17, 15) is 10.1 Å². The summed E-state index contributed by atoms with van der Waals surface area (Å²) in [7, 11) is 3.41. The zero-order valence-corrected chi connectivity index (χ0v) is 25.0. The van der Waals surface area contributed by atoms with E-state index >= 15 is 0 Å². The minimum Gasteiger partial charge on any atom is -0.494 e. The van der Waals surface area contributed by atoms with Crippen LogP contribution in [0.15, 0.2) is 42.5 Å². The van der Waals surface area contributed by atoms with Gasteiger partial charge in [-0.15, -0.1) is 10.1 Å². The average Bonchev–Trinajstić information content (AvgIpc) is 2.99. The van der Waals surface area contributed by atoms with Gasteiger partial charge in [0, 0.05) is 58.9 Å². The molecule has 42 heavy (non-hydrogen) atoms. The minimum absolute atomic E-state index is 0.0660. The van der Waals surface area contributed by atoms with Gasteiger partial charge in [0.25, 0.3) is 5.09 Å². The second-order valence-corrected chi connectivity index (χ2v) is 10.9. The van der Waals surface area contributed by atoms with Gasteiger partial charge in [0.15, 0.2) is 0 Å². The molecule has 0 saturated carbocycles. The van der Waals surface area contributed by atoms with Gasteiger partial charge in [-0.05, 0) is 61.6 Å². The molecule has 0 radical (unpaired) electrons. The highest BCUT2D eigenvalue weighted by molar-refractivity contribution is 5.61. The van der Waals surface area contributed by atoms with E-state index in [4.69, 9.17) is 28.5 Å². The molecule has 1 saturated heterocycles. The molecule has 2 aromatic carbocycles. The van der Waals surface area contributed by atoms with Crippen molar-refractivity contribution in [3.8, 4) is 11.5 Å². The molecule has 232 valence electrons. The van der Waals surface area contributed by atoms with E-state index in [0.717, 1.165) is 67.3 Å². The Morgan fingerprint density at radius 3 is 2.64 bits per heavy atom. The van der Waals surface area contributed by atoms with Crippen molar-refractivity contribution in [2.45, 2.75) is 63.4 Å². The smallest absolute Gasteiger partial charge is 0.294 e. The Morgan fingerprint density at radius 2 is 1.88 bits per heavy atom. The summed E-state index contributed by atoms with van der Waals surface area (Å²) in [4.78, 5) is 18.0. The molecule has 0 aliphatic carbocycles. The Bertz CT molecular complexity index is 1100. The predicted molar refractivity (Wildman–Crippen MR) is 159 cm³/mol. The van der Waals surface area contributed by atoms with Crippen molar-refractivity contribution in [2.75, 3.05) is 65.2 Å². The van der Waals surface area contributed by atoms with Crippen LogP contribution in [0.1, 0.15) is 49.7 Å². The first kappa shape index (κ1) is 31.8. The Morgan fingerprint density at radius 1 is 1.10 bits per heavy atom. The molecule has 1 unspecified atom stereocenters. The van der Waals surface area contributed by atoms with Crippen molar-refractivity contribution < 1.29 is 33.6 Å². The van der Waals surface area contributed by atoms with Crippen LogP contribution in [0, 0.1) is 10.1 Å². The van der Waals surface area contributed by atoms with Crippen LogP contribution in [-0.4, -0.2) is 83.6 Å². The molecule has 0 aromatic heterocycles. The topological polar surface area (TPSA) is 114 Å². The van der Waals surface area contributed by atoms with Gasteiger partial charge < -0.3 is 38.7 Å². The minimum atomic E-state index is -0.718. The van der Waals surface area contributed by atoms with Crippen LogP contribution in [0.2, 0.25) is 0 Å². The molecule has 11 nitrogen and oxygen atoms in total. The molecule has 11 heteroatoms. The van der Waals surface area contributed by atoms with E-state index in [1.165, 1.54) is 0 Å². The van der Waals surface area contributed by atoms with E-state index in [-0.39, 0.29) is 18.1 Å². The molecular weight excluding hydrogens is 542 g/mol. The summed E-state index contributed by atoms with van der Waals surface area (Å²) in [6, 6.07) is 14.5. The second-order valence-electron chi connectivity index (χ2n) is 10.9. The molecule has 0 bridgehead atoms. The zero-order chi connectivity index (χ0) is 29.7. The summed E-state index contributed by atoms with van der Waals surface area (Å²) >= 11 is 0. The standard InChI is InChI=1S/C31H45N3O8/c1-23(42-34(35)36)18-26-20-28(25-7-9-27(10-8-25)39-16-5-15-38-3)31(21-32-26)41-22-24-6-11-30-29(19-24)33(13-17-40-30)12-4-14-37-2/h6-11,19,23,26,28,31-32H,4-5,12-18,20-22H2,1-3H3/t23?,26-,28+,31-/m0/s1. The van der Waals surface area contributed by atoms with Crippen molar-refractivity contribution in [3.05, 3.63) is 63.7 Å². The molecule has 0 spiro atoms. The average molecular weight is 588 g/mol. The lowest BCUT2D eigenvalue weighted by atomic mass is 9.82. The van der Waals surface area contributed by atoms with E-state index in [1.54, 1.807) is 21.1 Å². The largest absolute Gasteiger partial charge is 0.494 e. The van der Waals surface area contributed by atoms with Crippen molar-refractivity contribution >= 4 is 5.69 Å². The summed E-state index contributed by atoms with van der Waals surface area (Å²) in [6.07, 6.45) is 2.52. The van der Waals surface area contributed by atoms with Crippen molar-refractivity contribution in [2.24, 2.45) is 0 Å². The van der Waals surface area contributed by atoms with Crippen LogP contribution in [-0.2, 0) is 25.7 Å². The van der Waals surface area contributed by atoms with Crippen LogP contribution in [0.3, 0.4) is 0 Å². The van der Waals surface area contributed by atoms with Gasteiger partial charge in [0.1, 0.15) is 24.2 Å². The quantitative estimate of drug-likeness (QED) is 0.163. The highest BCUT2D eigenvalue weighted by atomic mass is 17.0. The van der Waals surface area contributed by atoms with Crippen molar-refractivity contribution in [1.82, 2.24) is 5.32 Å². The third kappa shape index (κ3) is 9.45. The first-order chi connectivity index (χ1) is 20.5. The summed E-state index contributed by atoms with van der Waals surface area (Å²) < 4.78 is 28.7. The van der Waals surface area contributed by atoms with Crippen molar-refractivity contribution in [1.29, 1.82) is 0 Å². The fourth-order valence-corrected chi connectivity index (χ4v) is 5.71. The van der Waals surface area contributed by atoms with E-state index < -0.39 is 11.2 Å². The highest BCUT2D eigenvalue weighted by Crippen LogP contribution is 2.35. The van der Waals surface area contributed by atoms with E-state index in [2.05, 4.69) is 34.5 Å². The van der Waals surface area contributed by atoms with Gasteiger partial charge in [-0.3, -0.25) is 0 Å². The molecule has 4 atom stereocenters. The maximum absolute atomic E-state index is 10.8. The number of methoxy groups -OCH3 is 2. The number of nitrogens with one attached hydrogen (secondary N) is 1. The highest BCUT2D eigenvalue weighted by Gasteiger charge is 2.33. The lowest BCUT2D eigenvalue weighted by Crippen LogP contribution is -2.48. The van der Waals surface area contributed by atoms with Gasteiger partial charge in [0.2, 0.25) is 0 Å². The Balaban J connectivity index is 1.43. The third-order valence-corrected chi connectivity index (χ3v) is 7.77. The number of nitrogens with zero attached hydrogens (tertiary/aromatic N) is 2. The fraction of sp³-hybridized carbons (Fsp3) is 0.613. The maximum atomic E-state index is 10.8. The summed E-state index contributed by atoms with van der Waals surface area (Å²) in [6.45, 7) is 7.25. The van der Waals surface area contributed by atoms with Gasteiger partial charge in [0.05, 0.1) is 31.5 Å². The van der Waals surface area contributed by atoms with E-state index in [0.29, 0.717) is 39.4 Å². The van der Waals surface area contributed by atoms with Crippen LogP contribution < -0.4 is 19.7 Å². The summed E-state index contributed by atoms with van der Waals surface area (Å²) in [5.41, 5.74) is 3.34. The molecule has 2 aliphatic rings. The van der Waals surface area contributed by atoms with Crippen LogP contribution in [0.4, 0.5) is 5.69 Å². The molecule has 0 amide bonds. The lowest BCUT2D eigenvalue weighted by molar-refractivity contribution is -0.767. The molecule has 2 aliphatic heterocycles. The predicted octanol–water partition coefficient (Wildman–Crippen LogP) is 4.36. The van der Waals surface area contributed by atoms with E-state index in [1.807, 2.05) is 18.2 Å². The summed E-state index contributed by atoms with van der Waals surface area (Å²) in [5.74, 6) is 1.82. The number of fused-ring (bicyclic) bond motifs is 1. The van der Waals surface area contributed by atoms with Crippen LogP contribution in [0.25, 0.3) is 0 Å². The van der Waals surface area contributed by atoms with Crippen LogP contribution in [0.5, 0.6) is 11.5 Å². The number of hydrogen-bond donors (Lipinski definition) is 1. The SMILES string of the molecule is COCCCOc1ccc([C@H]2C[C@H](CC(C)O[N+](=O)[O-])NC[C@@H]2OCc2ccc3c(c2)N(CCCOC)CCO3)cc1. The Labute approximate surface area is 248 Å². The number of rotatable bonds is 17. The first-order valence-corrected chi connectivity index (χ1v) is 14.8. The van der Waals surface area contributed by atoms with Gasteiger partial charge in [-0.2, -0.15) is 0 Å². The maximum Gasteiger partial charge on any atom is 0.294 e. The molecule has 2 aromatic rings. The molecule has 4 rings (SSSR count). The number of anilines is 1. The first-order valence-electron chi connectivity index (χ1n) is 14.8. The van der Waals surface area contributed by atoms with Gasteiger partial charge in [-0.25, -0.2) is 0 Å². The molecule has 2 heterocycles. The monoisotopic (exact) mass is 587 g/mol. The molecule has 1 N–H and O–H groups in total. The van der Waals surface area contributed by atoms with Gasteiger partial charge >= 0.3 is 0 Å². The molecule has 1 fully saturated rings. The van der Waals surface area contributed by atoms with Crippen LogP contribution >= 0.6 is 0 Å². The number of hydrogen-bond acceptors (Lipinski definition) is 10. The molecular formula is C31H45N3O8. The normalized spacial score (nSPS) is 20.8. The number of piperidine rings is 1. The fourth-order valence-electron chi connectivity index (χ4n) is 5.71. The zero-order valence-electron chi connectivity index (χ0n) is 25.0. The number of ether oxygens (including phenoxy) is 5. The summed E-state index contributed by atoms with van der Waals surface area (Å²) in [5, 5.41) is 13.7. The van der Waals surface area contributed by atoms with Gasteiger partial charge in [-0.1, -0.05) is 18.2 Å². The number of benzene rings is 2. The Kier molecular flexibility index (Phi) is 12.5.